The van der Waals surface area contributed by atoms with Crippen LogP contribution in [0.2, 0.25) is 0 Å². The van der Waals surface area contributed by atoms with E-state index in [0.29, 0.717) is 13.0 Å². The van der Waals surface area contributed by atoms with Crippen LogP contribution in [0.1, 0.15) is 44.6 Å². The minimum absolute atomic E-state index is 0.0987. The zero-order chi connectivity index (χ0) is 12.5. The topological polar surface area (TPSA) is 55.1 Å². The van der Waals surface area contributed by atoms with Crippen LogP contribution in [0.25, 0.3) is 0 Å². The molecule has 0 atom stereocenters. The van der Waals surface area contributed by atoms with E-state index >= 15 is 0 Å². The van der Waals surface area contributed by atoms with Crippen molar-refractivity contribution in [3.05, 3.63) is 29.8 Å². The SMILES string of the molecule is CCCCCCC(=O)Nc1ccc(CN)cc1. The smallest absolute Gasteiger partial charge is 0.224 e. The molecule has 94 valence electrons. The normalized spacial score (nSPS) is 10.2. The Morgan fingerprint density at radius 3 is 2.47 bits per heavy atom. The molecule has 1 rings (SSSR count). The Kier molecular flexibility index (Phi) is 6.33. The number of carbonyl (C=O) groups excluding carboxylic acids is 1. The summed E-state index contributed by atoms with van der Waals surface area (Å²) < 4.78 is 0. The van der Waals surface area contributed by atoms with Crippen LogP contribution in [-0.4, -0.2) is 5.91 Å². The van der Waals surface area contributed by atoms with Gasteiger partial charge in [0.2, 0.25) is 5.91 Å². The van der Waals surface area contributed by atoms with Crippen molar-refractivity contribution in [2.24, 2.45) is 5.73 Å². The monoisotopic (exact) mass is 234 g/mol. The van der Waals surface area contributed by atoms with Crippen molar-refractivity contribution >= 4 is 11.6 Å². The summed E-state index contributed by atoms with van der Waals surface area (Å²) in [5, 5.41) is 2.89. The molecule has 0 saturated carbocycles. The molecule has 3 heteroatoms. The lowest BCUT2D eigenvalue weighted by Crippen LogP contribution is -2.11. The van der Waals surface area contributed by atoms with E-state index in [9.17, 15) is 4.79 Å². The molecule has 3 nitrogen and oxygen atoms in total. The quantitative estimate of drug-likeness (QED) is 0.712. The number of amides is 1. The Hall–Kier alpha value is -1.35. The first-order valence-corrected chi connectivity index (χ1v) is 6.35. The van der Waals surface area contributed by atoms with Gasteiger partial charge in [-0.2, -0.15) is 0 Å². The predicted molar refractivity (Wildman–Crippen MR) is 71.7 cm³/mol. The van der Waals surface area contributed by atoms with Crippen molar-refractivity contribution < 1.29 is 4.79 Å². The Morgan fingerprint density at radius 2 is 1.88 bits per heavy atom. The van der Waals surface area contributed by atoms with E-state index in [2.05, 4.69) is 12.2 Å². The van der Waals surface area contributed by atoms with Gasteiger partial charge >= 0.3 is 0 Å². The molecule has 0 aromatic heterocycles. The van der Waals surface area contributed by atoms with Gasteiger partial charge in [-0.3, -0.25) is 4.79 Å². The van der Waals surface area contributed by atoms with E-state index < -0.39 is 0 Å². The molecule has 1 amide bonds. The molecule has 0 aliphatic carbocycles. The maximum absolute atomic E-state index is 11.6. The van der Waals surface area contributed by atoms with Gasteiger partial charge in [-0.15, -0.1) is 0 Å². The number of anilines is 1. The summed E-state index contributed by atoms with van der Waals surface area (Å²) in [7, 11) is 0. The van der Waals surface area contributed by atoms with Gasteiger partial charge in [0.1, 0.15) is 0 Å². The van der Waals surface area contributed by atoms with Crippen LogP contribution in [0.4, 0.5) is 5.69 Å². The summed E-state index contributed by atoms with van der Waals surface area (Å²) in [6, 6.07) is 7.66. The molecule has 0 aliphatic heterocycles. The van der Waals surface area contributed by atoms with Crippen LogP contribution < -0.4 is 11.1 Å². The van der Waals surface area contributed by atoms with Gasteiger partial charge in [-0.1, -0.05) is 38.3 Å². The van der Waals surface area contributed by atoms with Crippen LogP contribution in [0.3, 0.4) is 0 Å². The molecule has 0 spiro atoms. The van der Waals surface area contributed by atoms with Gasteiger partial charge in [0.05, 0.1) is 0 Å². The average Bonchev–Trinajstić information content (AvgIpc) is 2.36. The van der Waals surface area contributed by atoms with E-state index in [4.69, 9.17) is 5.73 Å². The molecule has 0 fully saturated rings. The molecule has 17 heavy (non-hydrogen) atoms. The van der Waals surface area contributed by atoms with Crippen LogP contribution in [0.5, 0.6) is 0 Å². The molecule has 0 unspecified atom stereocenters. The molecule has 0 aliphatic rings. The van der Waals surface area contributed by atoms with E-state index in [0.717, 1.165) is 24.1 Å². The number of hydrogen-bond donors (Lipinski definition) is 2. The average molecular weight is 234 g/mol. The molecular weight excluding hydrogens is 212 g/mol. The third-order valence-electron chi connectivity index (χ3n) is 2.73. The van der Waals surface area contributed by atoms with Crippen molar-refractivity contribution in [3.63, 3.8) is 0 Å². The first-order valence-electron chi connectivity index (χ1n) is 6.35. The highest BCUT2D eigenvalue weighted by Crippen LogP contribution is 2.10. The Labute approximate surface area is 103 Å². The first kappa shape index (κ1) is 13.7. The largest absolute Gasteiger partial charge is 0.326 e. The number of carbonyl (C=O) groups is 1. The molecule has 1 aromatic rings. The summed E-state index contributed by atoms with van der Waals surface area (Å²) in [4.78, 5) is 11.6. The van der Waals surface area contributed by atoms with Crippen LogP contribution in [0, 0.1) is 0 Å². The Balaban J connectivity index is 2.29. The summed E-state index contributed by atoms with van der Waals surface area (Å²) in [6.45, 7) is 2.70. The van der Waals surface area contributed by atoms with Crippen molar-refractivity contribution in [3.8, 4) is 0 Å². The molecule has 0 radical (unpaired) electrons. The molecule has 0 heterocycles. The Morgan fingerprint density at radius 1 is 1.18 bits per heavy atom. The lowest BCUT2D eigenvalue weighted by Gasteiger charge is -2.05. The number of hydrogen-bond acceptors (Lipinski definition) is 2. The number of nitrogens with two attached hydrogens (primary N) is 1. The van der Waals surface area contributed by atoms with Gasteiger partial charge in [0.25, 0.3) is 0 Å². The van der Waals surface area contributed by atoms with Crippen molar-refractivity contribution in [2.45, 2.75) is 45.6 Å². The maximum Gasteiger partial charge on any atom is 0.224 e. The second kappa shape index (κ2) is 7.85. The zero-order valence-electron chi connectivity index (χ0n) is 10.5. The molecular formula is C14H22N2O. The summed E-state index contributed by atoms with van der Waals surface area (Å²) in [5.74, 6) is 0.0987. The molecule has 1 aromatic carbocycles. The van der Waals surface area contributed by atoms with E-state index in [-0.39, 0.29) is 5.91 Å². The van der Waals surface area contributed by atoms with Gasteiger partial charge in [0, 0.05) is 18.7 Å². The number of unbranched alkanes of at least 4 members (excludes halogenated alkanes) is 3. The second-order valence-electron chi connectivity index (χ2n) is 4.26. The lowest BCUT2D eigenvalue weighted by atomic mass is 10.1. The van der Waals surface area contributed by atoms with E-state index in [1.807, 2.05) is 24.3 Å². The van der Waals surface area contributed by atoms with Crippen molar-refractivity contribution in [2.75, 3.05) is 5.32 Å². The number of nitrogens with one attached hydrogen (secondary N) is 1. The first-order chi connectivity index (χ1) is 8.26. The molecule has 0 saturated heterocycles. The highest BCUT2D eigenvalue weighted by Gasteiger charge is 2.01. The van der Waals surface area contributed by atoms with Crippen molar-refractivity contribution in [1.29, 1.82) is 0 Å². The Bertz CT molecular complexity index is 333. The minimum Gasteiger partial charge on any atom is -0.326 e. The van der Waals surface area contributed by atoms with Crippen LogP contribution in [0.15, 0.2) is 24.3 Å². The zero-order valence-corrected chi connectivity index (χ0v) is 10.5. The fraction of sp³-hybridized carbons (Fsp3) is 0.500. The summed E-state index contributed by atoms with van der Waals surface area (Å²) in [6.07, 6.45) is 5.12. The fourth-order valence-electron chi connectivity index (χ4n) is 1.66. The van der Waals surface area contributed by atoms with Gasteiger partial charge in [0.15, 0.2) is 0 Å². The minimum atomic E-state index is 0.0987. The molecule has 3 N–H and O–H groups in total. The number of benzene rings is 1. The van der Waals surface area contributed by atoms with Gasteiger partial charge < -0.3 is 11.1 Å². The van der Waals surface area contributed by atoms with Gasteiger partial charge in [-0.05, 0) is 24.1 Å². The highest BCUT2D eigenvalue weighted by atomic mass is 16.1. The standard InChI is InChI=1S/C14H22N2O/c1-2-3-4-5-6-14(17)16-13-9-7-12(11-15)8-10-13/h7-10H,2-6,11,15H2,1H3,(H,16,17). The van der Waals surface area contributed by atoms with Crippen LogP contribution >= 0.6 is 0 Å². The van der Waals surface area contributed by atoms with E-state index in [1.165, 1.54) is 12.8 Å². The maximum atomic E-state index is 11.6. The number of rotatable bonds is 7. The third-order valence-corrected chi connectivity index (χ3v) is 2.73. The predicted octanol–water partition coefficient (Wildman–Crippen LogP) is 3.05. The third kappa shape index (κ3) is 5.50. The summed E-state index contributed by atoms with van der Waals surface area (Å²) in [5.41, 5.74) is 7.43. The summed E-state index contributed by atoms with van der Waals surface area (Å²) >= 11 is 0. The lowest BCUT2D eigenvalue weighted by molar-refractivity contribution is -0.116. The second-order valence-corrected chi connectivity index (χ2v) is 4.26. The highest BCUT2D eigenvalue weighted by molar-refractivity contribution is 5.90. The van der Waals surface area contributed by atoms with Crippen molar-refractivity contribution in [1.82, 2.24) is 0 Å². The van der Waals surface area contributed by atoms with E-state index in [1.54, 1.807) is 0 Å². The van der Waals surface area contributed by atoms with Gasteiger partial charge in [-0.25, -0.2) is 0 Å². The fourth-order valence-corrected chi connectivity index (χ4v) is 1.66. The molecule has 0 bridgehead atoms. The van der Waals surface area contributed by atoms with Crippen LogP contribution in [-0.2, 0) is 11.3 Å².